The van der Waals surface area contributed by atoms with E-state index >= 15 is 0 Å². The zero-order chi connectivity index (χ0) is 15.5. The first-order chi connectivity index (χ1) is 11.4. The lowest BCUT2D eigenvalue weighted by Gasteiger charge is -2.21. The summed E-state index contributed by atoms with van der Waals surface area (Å²) in [5.41, 5.74) is 2.10. The molecule has 0 bridgehead atoms. The Hall–Kier alpha value is -2.53. The second-order valence-electron chi connectivity index (χ2n) is 5.76. The lowest BCUT2D eigenvalue weighted by molar-refractivity contribution is 0.209. The molecule has 0 aliphatic carbocycles. The lowest BCUT2D eigenvalue weighted by atomic mass is 10.1. The number of pyridine rings is 1. The Morgan fingerprint density at radius 1 is 1.09 bits per heavy atom. The predicted octanol–water partition coefficient (Wildman–Crippen LogP) is 3.47. The highest BCUT2D eigenvalue weighted by Crippen LogP contribution is 2.31. The van der Waals surface area contributed by atoms with Crippen molar-refractivity contribution < 1.29 is 4.52 Å². The predicted molar refractivity (Wildman–Crippen MR) is 86.4 cm³/mol. The normalized spacial score (nSPS) is 18.3. The van der Waals surface area contributed by atoms with Crippen LogP contribution in [0.25, 0.3) is 11.4 Å². The minimum Gasteiger partial charge on any atom is -0.338 e. The zero-order valence-corrected chi connectivity index (χ0v) is 12.8. The van der Waals surface area contributed by atoms with Gasteiger partial charge in [0.2, 0.25) is 11.7 Å². The summed E-state index contributed by atoms with van der Waals surface area (Å²) in [6.07, 6.45) is 4.14. The quantitative estimate of drug-likeness (QED) is 0.738. The third-order valence-electron chi connectivity index (χ3n) is 4.23. The lowest BCUT2D eigenvalue weighted by Crippen LogP contribution is -2.23. The standard InChI is InChI=1S/C18H18N4O/c1-2-7-14(8-3-1)18-20-17(23-21-18)13-22-12-6-10-16(22)15-9-4-5-11-19-15/h1-5,7-9,11,16H,6,10,12-13H2. The third-order valence-corrected chi connectivity index (χ3v) is 4.23. The molecule has 5 nitrogen and oxygen atoms in total. The average Bonchev–Trinajstić information content (AvgIpc) is 3.26. The van der Waals surface area contributed by atoms with Gasteiger partial charge >= 0.3 is 0 Å². The number of nitrogens with zero attached hydrogens (tertiary/aromatic N) is 4. The van der Waals surface area contributed by atoms with Crippen LogP contribution in [0.1, 0.15) is 30.5 Å². The minimum atomic E-state index is 0.336. The van der Waals surface area contributed by atoms with E-state index < -0.39 is 0 Å². The van der Waals surface area contributed by atoms with Crippen LogP contribution in [0.5, 0.6) is 0 Å². The molecule has 1 saturated heterocycles. The second kappa shape index (κ2) is 6.30. The van der Waals surface area contributed by atoms with Gasteiger partial charge in [0.15, 0.2) is 0 Å². The van der Waals surface area contributed by atoms with Gasteiger partial charge in [-0.25, -0.2) is 0 Å². The van der Waals surface area contributed by atoms with E-state index in [2.05, 4.69) is 26.1 Å². The molecule has 0 amide bonds. The first kappa shape index (κ1) is 14.1. The molecule has 1 aliphatic rings. The van der Waals surface area contributed by atoms with Crippen molar-refractivity contribution in [3.05, 3.63) is 66.3 Å². The Morgan fingerprint density at radius 2 is 1.96 bits per heavy atom. The summed E-state index contributed by atoms with van der Waals surface area (Å²) in [5.74, 6) is 1.31. The SMILES string of the molecule is c1ccc(-c2noc(CN3CCCC3c3ccccn3)n2)cc1. The van der Waals surface area contributed by atoms with E-state index in [4.69, 9.17) is 4.52 Å². The fourth-order valence-electron chi connectivity index (χ4n) is 3.12. The summed E-state index contributed by atoms with van der Waals surface area (Å²) >= 11 is 0. The summed E-state index contributed by atoms with van der Waals surface area (Å²) in [6, 6.07) is 16.3. The maximum Gasteiger partial charge on any atom is 0.241 e. The largest absolute Gasteiger partial charge is 0.338 e. The van der Waals surface area contributed by atoms with Gasteiger partial charge in [-0.15, -0.1) is 0 Å². The molecule has 0 spiro atoms. The molecule has 1 aromatic carbocycles. The van der Waals surface area contributed by atoms with Crippen LogP contribution >= 0.6 is 0 Å². The molecule has 116 valence electrons. The van der Waals surface area contributed by atoms with Crippen LogP contribution in [0, 0.1) is 0 Å². The molecule has 1 fully saturated rings. The van der Waals surface area contributed by atoms with E-state index in [0.29, 0.717) is 24.3 Å². The first-order valence-corrected chi connectivity index (χ1v) is 7.93. The Kier molecular flexibility index (Phi) is 3.86. The molecule has 5 heteroatoms. The Labute approximate surface area is 135 Å². The number of hydrogen-bond acceptors (Lipinski definition) is 5. The van der Waals surface area contributed by atoms with E-state index in [1.807, 2.05) is 48.7 Å². The van der Waals surface area contributed by atoms with Gasteiger partial charge in [0, 0.05) is 11.8 Å². The molecule has 0 N–H and O–H groups in total. The molecular weight excluding hydrogens is 288 g/mol. The molecule has 4 rings (SSSR count). The summed E-state index contributed by atoms with van der Waals surface area (Å²) in [6.45, 7) is 1.70. The van der Waals surface area contributed by atoms with Gasteiger partial charge < -0.3 is 4.52 Å². The van der Waals surface area contributed by atoms with Crippen molar-refractivity contribution in [1.29, 1.82) is 0 Å². The van der Waals surface area contributed by atoms with Crippen LogP contribution in [0.2, 0.25) is 0 Å². The van der Waals surface area contributed by atoms with Crippen molar-refractivity contribution >= 4 is 0 Å². The highest BCUT2D eigenvalue weighted by Gasteiger charge is 2.28. The summed E-state index contributed by atoms with van der Waals surface area (Å²) in [7, 11) is 0. The molecule has 3 heterocycles. The molecule has 1 aliphatic heterocycles. The minimum absolute atomic E-state index is 0.336. The smallest absolute Gasteiger partial charge is 0.241 e. The fourth-order valence-corrected chi connectivity index (χ4v) is 3.12. The van der Waals surface area contributed by atoms with Crippen LogP contribution in [-0.2, 0) is 6.54 Å². The first-order valence-electron chi connectivity index (χ1n) is 7.93. The summed E-state index contributed by atoms with van der Waals surface area (Å²) in [5, 5.41) is 4.10. The van der Waals surface area contributed by atoms with E-state index in [0.717, 1.165) is 24.2 Å². The second-order valence-corrected chi connectivity index (χ2v) is 5.76. The van der Waals surface area contributed by atoms with Gasteiger partial charge in [-0.05, 0) is 31.5 Å². The number of aromatic nitrogens is 3. The molecule has 1 atom stereocenters. The molecule has 1 unspecified atom stereocenters. The molecule has 3 aromatic rings. The number of rotatable bonds is 4. The zero-order valence-electron chi connectivity index (χ0n) is 12.8. The van der Waals surface area contributed by atoms with E-state index in [1.165, 1.54) is 6.42 Å². The fraction of sp³-hybridized carbons (Fsp3) is 0.278. The number of hydrogen-bond donors (Lipinski definition) is 0. The van der Waals surface area contributed by atoms with Crippen molar-refractivity contribution in [2.75, 3.05) is 6.54 Å². The van der Waals surface area contributed by atoms with Gasteiger partial charge in [-0.1, -0.05) is 41.6 Å². The molecule has 2 aromatic heterocycles. The van der Waals surface area contributed by atoms with Crippen LogP contribution in [0.3, 0.4) is 0 Å². The van der Waals surface area contributed by atoms with Crippen molar-refractivity contribution in [2.24, 2.45) is 0 Å². The van der Waals surface area contributed by atoms with Crippen molar-refractivity contribution in [1.82, 2.24) is 20.0 Å². The summed E-state index contributed by atoms with van der Waals surface area (Å²) in [4.78, 5) is 11.4. The Bertz CT molecular complexity index is 757. The van der Waals surface area contributed by atoms with Gasteiger partial charge in [0.25, 0.3) is 0 Å². The van der Waals surface area contributed by atoms with E-state index in [1.54, 1.807) is 0 Å². The highest BCUT2D eigenvalue weighted by molar-refractivity contribution is 5.53. The Balaban J connectivity index is 1.51. The number of likely N-dealkylation sites (tertiary alicyclic amines) is 1. The highest BCUT2D eigenvalue weighted by atomic mass is 16.5. The van der Waals surface area contributed by atoms with E-state index in [-0.39, 0.29) is 0 Å². The van der Waals surface area contributed by atoms with E-state index in [9.17, 15) is 0 Å². The summed E-state index contributed by atoms with van der Waals surface area (Å²) < 4.78 is 5.44. The maximum absolute atomic E-state index is 5.44. The topological polar surface area (TPSA) is 55.1 Å². The van der Waals surface area contributed by atoms with Gasteiger partial charge in [-0.3, -0.25) is 9.88 Å². The van der Waals surface area contributed by atoms with Gasteiger partial charge in [0.1, 0.15) is 0 Å². The third kappa shape index (κ3) is 3.00. The van der Waals surface area contributed by atoms with Gasteiger partial charge in [-0.2, -0.15) is 4.98 Å². The molecule has 23 heavy (non-hydrogen) atoms. The molecular formula is C18H18N4O. The van der Waals surface area contributed by atoms with Crippen LogP contribution in [0.15, 0.2) is 59.3 Å². The van der Waals surface area contributed by atoms with Crippen LogP contribution in [0.4, 0.5) is 0 Å². The van der Waals surface area contributed by atoms with Crippen LogP contribution in [-0.4, -0.2) is 26.6 Å². The van der Waals surface area contributed by atoms with Gasteiger partial charge in [0.05, 0.1) is 18.3 Å². The van der Waals surface area contributed by atoms with Crippen LogP contribution < -0.4 is 0 Å². The Morgan fingerprint density at radius 3 is 2.78 bits per heavy atom. The maximum atomic E-state index is 5.44. The molecule has 0 radical (unpaired) electrons. The monoisotopic (exact) mass is 306 g/mol. The average molecular weight is 306 g/mol. The van der Waals surface area contributed by atoms with Crippen molar-refractivity contribution in [3.63, 3.8) is 0 Å². The molecule has 0 saturated carbocycles. The van der Waals surface area contributed by atoms with Crippen molar-refractivity contribution in [2.45, 2.75) is 25.4 Å². The number of benzene rings is 1. The van der Waals surface area contributed by atoms with Crippen molar-refractivity contribution in [3.8, 4) is 11.4 Å².